The van der Waals surface area contributed by atoms with E-state index in [9.17, 15) is 4.39 Å². The van der Waals surface area contributed by atoms with Gasteiger partial charge < -0.3 is 9.84 Å². The Kier molecular flexibility index (Phi) is 4.40. The van der Waals surface area contributed by atoms with Crippen LogP contribution < -0.4 is 4.74 Å². The fourth-order valence-corrected chi connectivity index (χ4v) is 1.09. The third kappa shape index (κ3) is 3.00. The Balaban J connectivity index is 2.59. The van der Waals surface area contributed by atoms with E-state index >= 15 is 0 Å². The second-order valence-corrected chi connectivity index (χ2v) is 3.12. The fourth-order valence-electron chi connectivity index (χ4n) is 1.09. The first-order valence-electron chi connectivity index (χ1n) is 4.80. The van der Waals surface area contributed by atoms with Gasteiger partial charge in [0.05, 0.1) is 13.2 Å². The first kappa shape index (κ1) is 11.0. The quantitative estimate of drug-likeness (QED) is 0.736. The van der Waals surface area contributed by atoms with E-state index in [-0.39, 0.29) is 12.4 Å². The Morgan fingerprint density at radius 1 is 1.43 bits per heavy atom. The van der Waals surface area contributed by atoms with Crippen LogP contribution >= 0.6 is 0 Å². The third-order valence-corrected chi connectivity index (χ3v) is 1.93. The van der Waals surface area contributed by atoms with Crippen LogP contribution in [0.1, 0.15) is 25.3 Å². The van der Waals surface area contributed by atoms with Crippen molar-refractivity contribution in [2.24, 2.45) is 0 Å². The van der Waals surface area contributed by atoms with Gasteiger partial charge in [-0.1, -0.05) is 19.4 Å². The van der Waals surface area contributed by atoms with Gasteiger partial charge in [0.25, 0.3) is 0 Å². The van der Waals surface area contributed by atoms with Crippen LogP contribution in [-0.2, 0) is 6.61 Å². The summed E-state index contributed by atoms with van der Waals surface area (Å²) in [5.74, 6) is -0.150. The maximum absolute atomic E-state index is 13.2. The highest BCUT2D eigenvalue weighted by Gasteiger charge is 2.03. The average Bonchev–Trinajstić information content (AvgIpc) is 2.20. The SMILES string of the molecule is CCCCOc1ccc(CO)cc1F. The van der Waals surface area contributed by atoms with Crippen molar-refractivity contribution in [3.63, 3.8) is 0 Å². The number of ether oxygens (including phenoxy) is 1. The molecule has 0 aliphatic carbocycles. The molecule has 0 fully saturated rings. The molecule has 0 saturated carbocycles. The molecule has 0 aliphatic heterocycles. The van der Waals surface area contributed by atoms with Gasteiger partial charge in [-0.2, -0.15) is 0 Å². The molecule has 0 aliphatic rings. The minimum atomic E-state index is -0.410. The fraction of sp³-hybridized carbons (Fsp3) is 0.455. The maximum atomic E-state index is 13.2. The summed E-state index contributed by atoms with van der Waals surface area (Å²) in [5, 5.41) is 8.76. The molecular weight excluding hydrogens is 183 g/mol. The molecule has 0 radical (unpaired) electrons. The maximum Gasteiger partial charge on any atom is 0.165 e. The monoisotopic (exact) mass is 198 g/mol. The number of halogens is 1. The molecule has 0 bridgehead atoms. The zero-order chi connectivity index (χ0) is 10.4. The van der Waals surface area contributed by atoms with Crippen molar-refractivity contribution >= 4 is 0 Å². The molecule has 0 unspecified atom stereocenters. The summed E-state index contributed by atoms with van der Waals surface area (Å²) in [6.07, 6.45) is 1.94. The van der Waals surface area contributed by atoms with Gasteiger partial charge in [0.1, 0.15) is 0 Å². The molecule has 3 heteroatoms. The summed E-state index contributed by atoms with van der Waals surface area (Å²) >= 11 is 0. The summed E-state index contributed by atoms with van der Waals surface area (Å²) in [6.45, 7) is 2.44. The number of hydrogen-bond acceptors (Lipinski definition) is 2. The minimum Gasteiger partial charge on any atom is -0.491 e. The molecule has 0 saturated heterocycles. The molecule has 0 spiro atoms. The van der Waals surface area contributed by atoms with Crippen molar-refractivity contribution in [3.05, 3.63) is 29.6 Å². The van der Waals surface area contributed by atoms with Gasteiger partial charge >= 0.3 is 0 Å². The molecule has 14 heavy (non-hydrogen) atoms. The standard InChI is InChI=1S/C11H15FO2/c1-2-3-6-14-11-5-4-9(8-13)7-10(11)12/h4-5,7,13H,2-3,6,8H2,1H3. The molecule has 1 rings (SSSR count). The highest BCUT2D eigenvalue weighted by Crippen LogP contribution is 2.18. The van der Waals surface area contributed by atoms with Crippen molar-refractivity contribution in [2.45, 2.75) is 26.4 Å². The van der Waals surface area contributed by atoms with Gasteiger partial charge in [-0.15, -0.1) is 0 Å². The largest absolute Gasteiger partial charge is 0.491 e. The van der Waals surface area contributed by atoms with Crippen molar-refractivity contribution in [3.8, 4) is 5.75 Å². The van der Waals surface area contributed by atoms with E-state index in [1.54, 1.807) is 12.1 Å². The van der Waals surface area contributed by atoms with Crippen LogP contribution in [0, 0.1) is 5.82 Å². The Hall–Kier alpha value is -1.09. The lowest BCUT2D eigenvalue weighted by Crippen LogP contribution is -1.99. The summed E-state index contributed by atoms with van der Waals surface area (Å²) in [5.41, 5.74) is 0.561. The molecular formula is C11H15FO2. The summed E-state index contributed by atoms with van der Waals surface area (Å²) < 4.78 is 18.4. The van der Waals surface area contributed by atoms with Crippen molar-refractivity contribution in [2.75, 3.05) is 6.61 Å². The van der Waals surface area contributed by atoms with E-state index < -0.39 is 5.82 Å². The summed E-state index contributed by atoms with van der Waals surface area (Å²) in [4.78, 5) is 0. The first-order valence-corrected chi connectivity index (χ1v) is 4.80. The smallest absolute Gasteiger partial charge is 0.165 e. The number of aliphatic hydroxyl groups excluding tert-OH is 1. The van der Waals surface area contributed by atoms with E-state index in [0.717, 1.165) is 12.8 Å². The van der Waals surface area contributed by atoms with E-state index in [2.05, 4.69) is 6.92 Å². The summed E-state index contributed by atoms with van der Waals surface area (Å²) in [6, 6.07) is 4.50. The van der Waals surface area contributed by atoms with Gasteiger partial charge in [0.15, 0.2) is 11.6 Å². The topological polar surface area (TPSA) is 29.5 Å². The molecule has 0 amide bonds. The Morgan fingerprint density at radius 2 is 2.21 bits per heavy atom. The van der Waals surface area contributed by atoms with Gasteiger partial charge in [0.2, 0.25) is 0 Å². The van der Waals surface area contributed by atoms with E-state index in [1.165, 1.54) is 6.07 Å². The van der Waals surface area contributed by atoms with E-state index in [4.69, 9.17) is 9.84 Å². The number of benzene rings is 1. The van der Waals surface area contributed by atoms with Crippen LogP contribution in [-0.4, -0.2) is 11.7 Å². The van der Waals surface area contributed by atoms with Crippen LogP contribution in [0.3, 0.4) is 0 Å². The second-order valence-electron chi connectivity index (χ2n) is 3.12. The summed E-state index contributed by atoms with van der Waals surface area (Å²) in [7, 11) is 0. The predicted octanol–water partition coefficient (Wildman–Crippen LogP) is 2.50. The lowest BCUT2D eigenvalue weighted by molar-refractivity contribution is 0.277. The van der Waals surface area contributed by atoms with E-state index in [0.29, 0.717) is 12.2 Å². The van der Waals surface area contributed by atoms with Crippen LogP contribution in [0.15, 0.2) is 18.2 Å². The van der Waals surface area contributed by atoms with Crippen LogP contribution in [0.4, 0.5) is 4.39 Å². The predicted molar refractivity (Wildman–Crippen MR) is 52.7 cm³/mol. The molecule has 0 aromatic heterocycles. The molecule has 1 aromatic rings. The van der Waals surface area contributed by atoms with Crippen molar-refractivity contribution in [1.29, 1.82) is 0 Å². The minimum absolute atomic E-state index is 0.147. The normalized spacial score (nSPS) is 10.2. The van der Waals surface area contributed by atoms with Gasteiger partial charge in [-0.25, -0.2) is 4.39 Å². The van der Waals surface area contributed by atoms with Crippen molar-refractivity contribution < 1.29 is 14.2 Å². The lowest BCUT2D eigenvalue weighted by Gasteiger charge is -2.06. The molecule has 2 nitrogen and oxygen atoms in total. The molecule has 0 atom stereocenters. The Labute approximate surface area is 83.3 Å². The number of rotatable bonds is 5. The highest BCUT2D eigenvalue weighted by atomic mass is 19.1. The zero-order valence-electron chi connectivity index (χ0n) is 8.29. The number of unbranched alkanes of at least 4 members (excludes halogenated alkanes) is 1. The molecule has 1 aromatic carbocycles. The average molecular weight is 198 g/mol. The molecule has 1 N–H and O–H groups in total. The second kappa shape index (κ2) is 5.60. The third-order valence-electron chi connectivity index (χ3n) is 1.93. The van der Waals surface area contributed by atoms with E-state index in [1.807, 2.05) is 0 Å². The Morgan fingerprint density at radius 3 is 2.79 bits per heavy atom. The van der Waals surface area contributed by atoms with Gasteiger partial charge in [-0.3, -0.25) is 0 Å². The number of aliphatic hydroxyl groups is 1. The molecule has 0 heterocycles. The van der Waals surface area contributed by atoms with Gasteiger partial charge in [0, 0.05) is 0 Å². The number of hydrogen-bond donors (Lipinski definition) is 1. The Bertz CT molecular complexity index is 287. The lowest BCUT2D eigenvalue weighted by atomic mass is 10.2. The van der Waals surface area contributed by atoms with Crippen molar-refractivity contribution in [1.82, 2.24) is 0 Å². The first-order chi connectivity index (χ1) is 6.77. The zero-order valence-corrected chi connectivity index (χ0v) is 8.29. The van der Waals surface area contributed by atoms with Crippen LogP contribution in [0.5, 0.6) is 5.75 Å². The van der Waals surface area contributed by atoms with Crippen LogP contribution in [0.25, 0.3) is 0 Å². The highest BCUT2D eigenvalue weighted by molar-refractivity contribution is 5.28. The van der Waals surface area contributed by atoms with Gasteiger partial charge in [-0.05, 0) is 24.1 Å². The van der Waals surface area contributed by atoms with Crippen LogP contribution in [0.2, 0.25) is 0 Å². The molecule has 78 valence electrons.